The van der Waals surface area contributed by atoms with Crippen molar-refractivity contribution in [2.24, 2.45) is 0 Å². The van der Waals surface area contributed by atoms with Gasteiger partial charge in [-0.25, -0.2) is 9.15 Å². The van der Waals surface area contributed by atoms with Crippen molar-refractivity contribution in [2.75, 3.05) is 80.8 Å². The highest BCUT2D eigenvalue weighted by Gasteiger charge is 2.40. The molecule has 0 rings (SSSR count). The third kappa shape index (κ3) is 16.6. The molecule has 16 heteroatoms. The van der Waals surface area contributed by atoms with Gasteiger partial charge in [0.25, 0.3) is 8.75 Å². The van der Waals surface area contributed by atoms with Crippen LogP contribution in [0.3, 0.4) is 0 Å². The average Bonchev–Trinajstić information content (AvgIpc) is 2.87. The largest absolute Gasteiger partial charge is 0.500 e. The van der Waals surface area contributed by atoms with E-state index >= 15 is 0 Å². The maximum absolute atomic E-state index is 5.98. The molecule has 0 amide bonds. The Labute approximate surface area is 251 Å². The molecule has 0 aliphatic rings. The maximum Gasteiger partial charge on any atom is 0.500 e. The van der Waals surface area contributed by atoms with E-state index in [2.05, 4.69) is 37.3 Å². The third-order valence-electron chi connectivity index (χ3n) is 4.70. The van der Waals surface area contributed by atoms with Gasteiger partial charge in [-0.05, 0) is 76.8 Å². The fourth-order valence-electron chi connectivity index (χ4n) is 3.00. The van der Waals surface area contributed by atoms with Crippen LogP contribution in [-0.2, 0) is 26.6 Å². The van der Waals surface area contributed by atoms with E-state index in [9.17, 15) is 0 Å². The zero-order valence-corrected chi connectivity index (χ0v) is 31.1. The van der Waals surface area contributed by atoms with Crippen LogP contribution in [0.2, 0.25) is 12.1 Å². The van der Waals surface area contributed by atoms with Crippen LogP contribution in [0.25, 0.3) is 0 Å². The Balaban J connectivity index is 4.56. The van der Waals surface area contributed by atoms with E-state index in [1.54, 1.807) is 51.8 Å². The summed E-state index contributed by atoms with van der Waals surface area (Å²) < 4.78 is 41.4. The van der Waals surface area contributed by atoms with Crippen LogP contribution in [0.4, 0.5) is 0 Å². The van der Waals surface area contributed by atoms with Crippen molar-refractivity contribution in [1.82, 2.24) is 0 Å². The number of hydrogen-bond donors (Lipinski definition) is 0. The van der Waals surface area contributed by atoms with E-state index < -0.39 is 17.6 Å². The van der Waals surface area contributed by atoms with Crippen molar-refractivity contribution in [3.05, 3.63) is 0 Å². The Hall–Kier alpha value is 1.63. The van der Waals surface area contributed by atoms with Gasteiger partial charge in [-0.3, -0.25) is 0 Å². The van der Waals surface area contributed by atoms with E-state index in [1.165, 1.54) is 8.75 Å². The van der Waals surface area contributed by atoms with Crippen molar-refractivity contribution in [1.29, 1.82) is 0 Å². The van der Waals surface area contributed by atoms with E-state index in [1.807, 2.05) is 55.1 Å². The second-order valence-electron chi connectivity index (χ2n) is 7.80. The molecule has 0 atom stereocenters. The summed E-state index contributed by atoms with van der Waals surface area (Å²) >= 11 is 3.74. The quantitative estimate of drug-likeness (QED) is 0.0376. The van der Waals surface area contributed by atoms with Crippen molar-refractivity contribution in [2.45, 2.75) is 45.7 Å². The zero-order chi connectivity index (χ0) is 28.2. The minimum atomic E-state index is -2.56. The molecular weight excluding hydrogens is 625 g/mol. The molecule has 8 nitrogen and oxygen atoms in total. The Morgan fingerprint density at radius 2 is 0.946 bits per heavy atom. The first kappa shape index (κ1) is 38.6. The summed E-state index contributed by atoms with van der Waals surface area (Å²) in [5.74, 6) is 1.99. The molecule has 0 radical (unpaired) electrons. The SMILES string of the molecule is CCO[Si](CCCSC(SSSSC(SCCC[Si](OC)(OC)OC)=[N+](C)C)=[N+](C)C)(OCC)OCC. The van der Waals surface area contributed by atoms with Crippen molar-refractivity contribution >= 4 is 91.1 Å². The summed E-state index contributed by atoms with van der Waals surface area (Å²) in [5, 5.41) is 0. The number of thioether (sulfide) groups is 2. The summed E-state index contributed by atoms with van der Waals surface area (Å²) in [7, 11) is 15.5. The van der Waals surface area contributed by atoms with Crippen LogP contribution in [0.5, 0.6) is 0 Å². The standard InChI is InChI=1S/C21H48N2O6S6Si2/c1-11-27-37(28-12-2,29-13-3)19-15-17-31-21(23(6)7)33-35-34-32-20(22(4)5)30-16-14-18-36(24-8,25-9)26-10/h11-19H2,1-10H3/q+2. The van der Waals surface area contributed by atoms with Gasteiger partial charge in [0.15, 0.2) is 0 Å². The second kappa shape index (κ2) is 23.2. The fraction of sp³-hybridized carbons (Fsp3) is 0.905. The molecule has 0 unspecified atom stereocenters. The highest BCUT2D eigenvalue weighted by Crippen LogP contribution is 2.47. The summed E-state index contributed by atoms with van der Waals surface area (Å²) in [4.78, 5) is 0. The van der Waals surface area contributed by atoms with Gasteiger partial charge in [-0.15, -0.1) is 0 Å². The molecule has 0 bridgehead atoms. The van der Waals surface area contributed by atoms with E-state index in [0.717, 1.165) is 36.4 Å². The first-order valence-corrected chi connectivity index (χ1v) is 22.9. The van der Waals surface area contributed by atoms with Crippen LogP contribution >= 0.6 is 64.8 Å². The topological polar surface area (TPSA) is 61.4 Å². The molecule has 0 aromatic rings. The maximum atomic E-state index is 5.98. The number of hydrogen-bond acceptors (Lipinski definition) is 12. The summed E-state index contributed by atoms with van der Waals surface area (Å²) in [6.07, 6.45) is 1.97. The van der Waals surface area contributed by atoms with E-state index in [-0.39, 0.29) is 0 Å². The van der Waals surface area contributed by atoms with Gasteiger partial charge < -0.3 is 26.6 Å². The Morgan fingerprint density at radius 3 is 1.24 bits per heavy atom. The molecule has 0 aromatic carbocycles. The van der Waals surface area contributed by atoms with Crippen LogP contribution in [-0.4, -0.2) is 116 Å². The third-order valence-corrected chi connectivity index (χ3v) is 20.7. The lowest BCUT2D eigenvalue weighted by Gasteiger charge is -2.28. The van der Waals surface area contributed by atoms with Crippen LogP contribution < -0.4 is 0 Å². The molecule has 220 valence electrons. The molecular formula is C21H48N2O6S6Si2+2. The average molecular weight is 673 g/mol. The van der Waals surface area contributed by atoms with Gasteiger partial charge in [-0.1, -0.05) is 0 Å². The number of rotatable bonds is 20. The van der Waals surface area contributed by atoms with E-state index in [4.69, 9.17) is 26.6 Å². The normalized spacial score (nSPS) is 12.2. The molecule has 0 heterocycles. The van der Waals surface area contributed by atoms with Crippen LogP contribution in [0.15, 0.2) is 0 Å². The first-order valence-electron chi connectivity index (χ1n) is 12.3. The molecule has 0 N–H and O–H groups in total. The summed E-state index contributed by atoms with van der Waals surface area (Å²) in [6, 6.07) is 1.66. The van der Waals surface area contributed by atoms with Gasteiger partial charge in [0.2, 0.25) is 0 Å². The number of nitrogens with zero attached hydrogens (tertiary/aromatic N) is 2. The summed E-state index contributed by atoms with van der Waals surface area (Å²) in [5.41, 5.74) is 0. The zero-order valence-electron chi connectivity index (χ0n) is 24.2. The molecule has 37 heavy (non-hydrogen) atoms. The lowest BCUT2D eigenvalue weighted by molar-refractivity contribution is -0.458. The van der Waals surface area contributed by atoms with Gasteiger partial charge >= 0.3 is 17.6 Å². The first-order chi connectivity index (χ1) is 17.7. The predicted octanol–water partition coefficient (Wildman–Crippen LogP) is 6.09. The lowest BCUT2D eigenvalue weighted by Crippen LogP contribution is -2.46. The van der Waals surface area contributed by atoms with Crippen molar-refractivity contribution in [3.63, 3.8) is 0 Å². The van der Waals surface area contributed by atoms with Gasteiger partial charge in [0, 0.05) is 86.3 Å². The minimum Gasteiger partial charge on any atom is -0.377 e. The highest BCUT2D eigenvalue weighted by atomic mass is 33.7. The van der Waals surface area contributed by atoms with Crippen LogP contribution in [0.1, 0.15) is 33.6 Å². The van der Waals surface area contributed by atoms with Gasteiger partial charge in [-0.2, -0.15) is 0 Å². The molecule has 0 spiro atoms. The fourth-order valence-corrected chi connectivity index (χ4v) is 17.5. The molecule has 0 aliphatic carbocycles. The Kier molecular flexibility index (Phi) is 24.2. The highest BCUT2D eigenvalue weighted by molar-refractivity contribution is 9.30. The Morgan fingerprint density at radius 1 is 0.595 bits per heavy atom. The predicted molar refractivity (Wildman–Crippen MR) is 176 cm³/mol. The molecule has 0 aromatic heterocycles. The molecule has 0 saturated carbocycles. The Bertz CT molecular complexity index is 644. The van der Waals surface area contributed by atoms with Gasteiger partial charge in [0.05, 0.1) is 0 Å². The van der Waals surface area contributed by atoms with Crippen LogP contribution in [0, 0.1) is 0 Å². The monoisotopic (exact) mass is 672 g/mol. The van der Waals surface area contributed by atoms with E-state index in [0.29, 0.717) is 19.8 Å². The minimum absolute atomic E-state index is 0.621. The van der Waals surface area contributed by atoms with Gasteiger partial charge in [0.1, 0.15) is 28.2 Å². The molecule has 0 aliphatic heterocycles. The second-order valence-corrected chi connectivity index (χ2v) is 22.0. The summed E-state index contributed by atoms with van der Waals surface area (Å²) in [6.45, 7) is 7.87. The lowest BCUT2D eigenvalue weighted by atomic mass is 10.6. The van der Waals surface area contributed by atoms with Crippen molar-refractivity contribution < 1.29 is 35.7 Å². The van der Waals surface area contributed by atoms with Crippen molar-refractivity contribution in [3.8, 4) is 0 Å². The molecule has 0 saturated heterocycles. The molecule has 0 fully saturated rings. The smallest absolute Gasteiger partial charge is 0.377 e.